The highest BCUT2D eigenvalue weighted by Crippen LogP contribution is 2.35. The Morgan fingerprint density at radius 1 is 0.864 bits per heavy atom. The third kappa shape index (κ3) is 3.94. The van der Waals surface area contributed by atoms with E-state index in [1.807, 2.05) is 38.1 Å². The molecule has 2 atom stereocenters. The maximum atomic E-state index is 12.8. The normalized spacial score (nSPS) is 13.7. The van der Waals surface area contributed by atoms with E-state index in [0.29, 0.717) is 10.0 Å². The summed E-state index contributed by atoms with van der Waals surface area (Å²) in [6.45, 7) is 3.75. The predicted octanol–water partition coefficient (Wildman–Crippen LogP) is 6.99. The van der Waals surface area contributed by atoms with Crippen LogP contribution in [-0.2, 0) is 4.79 Å². The van der Waals surface area contributed by atoms with Crippen molar-refractivity contribution < 1.29 is 4.79 Å². The van der Waals surface area contributed by atoms with Crippen LogP contribution in [0.5, 0.6) is 0 Å². The fourth-order valence-corrected chi connectivity index (χ4v) is 3.69. The molecule has 0 radical (unpaired) electrons. The molecule has 0 aliphatic rings. The van der Waals surface area contributed by atoms with Gasteiger partial charge in [0.25, 0.3) is 0 Å². The number of hydrogen-bond donors (Lipinski definition) is 0. The number of ketones is 1. The molecule has 2 aromatic carbocycles. The molecule has 0 amide bonds. The van der Waals surface area contributed by atoms with Gasteiger partial charge in [-0.1, -0.05) is 68.9 Å². The molecule has 2 rings (SSSR count). The fourth-order valence-electron chi connectivity index (χ4n) is 2.37. The van der Waals surface area contributed by atoms with Crippen molar-refractivity contribution in [1.82, 2.24) is 0 Å². The van der Waals surface area contributed by atoms with Crippen LogP contribution >= 0.6 is 55.1 Å². The van der Waals surface area contributed by atoms with Crippen molar-refractivity contribution in [2.75, 3.05) is 0 Å². The van der Waals surface area contributed by atoms with Gasteiger partial charge in [-0.3, -0.25) is 4.79 Å². The first-order valence-corrected chi connectivity index (χ1v) is 9.09. The van der Waals surface area contributed by atoms with Gasteiger partial charge in [0.05, 0.1) is 0 Å². The van der Waals surface area contributed by atoms with E-state index in [0.717, 1.165) is 20.1 Å². The zero-order chi connectivity index (χ0) is 16.4. The van der Waals surface area contributed by atoms with Crippen molar-refractivity contribution in [2.45, 2.75) is 25.7 Å². The van der Waals surface area contributed by atoms with Gasteiger partial charge >= 0.3 is 0 Å². The molecule has 2 unspecified atom stereocenters. The van der Waals surface area contributed by atoms with Crippen LogP contribution in [0.15, 0.2) is 45.3 Å². The SMILES string of the molecule is CC(C(=O)C(C)c1cc(Br)ccc1Cl)c1cc(Br)ccc1Cl. The molecule has 0 N–H and O–H groups in total. The Morgan fingerprint density at radius 2 is 1.23 bits per heavy atom. The van der Waals surface area contributed by atoms with Gasteiger partial charge in [0, 0.05) is 30.8 Å². The minimum Gasteiger partial charge on any atom is -0.298 e. The van der Waals surface area contributed by atoms with Crippen molar-refractivity contribution >= 4 is 60.8 Å². The number of carbonyl (C=O) groups excluding carboxylic acids is 1. The highest BCUT2D eigenvalue weighted by Gasteiger charge is 2.26. The molecule has 0 bridgehead atoms. The Bertz CT molecular complexity index is 656. The summed E-state index contributed by atoms with van der Waals surface area (Å²) in [7, 11) is 0. The van der Waals surface area contributed by atoms with Crippen LogP contribution in [0.25, 0.3) is 0 Å². The molecule has 1 nitrogen and oxygen atoms in total. The third-order valence-corrected chi connectivity index (χ3v) is 5.38. The summed E-state index contributed by atoms with van der Waals surface area (Å²) in [6.07, 6.45) is 0. The lowest BCUT2D eigenvalue weighted by Crippen LogP contribution is -2.17. The van der Waals surface area contributed by atoms with Gasteiger partial charge in [-0.2, -0.15) is 0 Å². The lowest BCUT2D eigenvalue weighted by molar-refractivity contribution is -0.121. The van der Waals surface area contributed by atoms with Gasteiger partial charge in [-0.05, 0) is 47.5 Å². The third-order valence-electron chi connectivity index (χ3n) is 3.70. The molecule has 0 spiro atoms. The highest BCUT2D eigenvalue weighted by molar-refractivity contribution is 9.10. The van der Waals surface area contributed by atoms with Crippen molar-refractivity contribution in [3.8, 4) is 0 Å². The minimum atomic E-state index is -0.310. The number of hydrogen-bond acceptors (Lipinski definition) is 1. The number of rotatable bonds is 4. The molecular weight excluding hydrogens is 451 g/mol. The smallest absolute Gasteiger partial charge is 0.147 e. The van der Waals surface area contributed by atoms with Crippen molar-refractivity contribution in [3.05, 3.63) is 66.5 Å². The lowest BCUT2D eigenvalue weighted by Gasteiger charge is -2.19. The minimum absolute atomic E-state index is 0.0833. The second kappa shape index (κ2) is 7.48. The molecule has 0 aliphatic heterocycles. The molecule has 0 aromatic heterocycles. The highest BCUT2D eigenvalue weighted by atomic mass is 79.9. The van der Waals surface area contributed by atoms with Gasteiger partial charge in [0.15, 0.2) is 0 Å². The molecule has 0 saturated carbocycles. The van der Waals surface area contributed by atoms with Crippen LogP contribution in [0.4, 0.5) is 0 Å². The van der Waals surface area contributed by atoms with E-state index in [1.165, 1.54) is 0 Å². The molecule has 0 fully saturated rings. The second-order valence-corrected chi connectivity index (χ2v) is 7.82. The molecule has 0 saturated heterocycles. The van der Waals surface area contributed by atoms with Gasteiger partial charge in [-0.15, -0.1) is 0 Å². The summed E-state index contributed by atoms with van der Waals surface area (Å²) in [6, 6.07) is 11.1. The van der Waals surface area contributed by atoms with E-state index in [-0.39, 0.29) is 17.6 Å². The Labute approximate surface area is 157 Å². The van der Waals surface area contributed by atoms with E-state index < -0.39 is 0 Å². The second-order valence-electron chi connectivity index (χ2n) is 5.18. The standard InChI is InChI=1S/C17H14Br2Cl2O/c1-9(13-7-11(18)3-5-15(13)20)17(22)10(2)14-8-12(19)4-6-16(14)21/h3-10H,1-2H3. The summed E-state index contributed by atoms with van der Waals surface area (Å²) in [5.41, 5.74) is 1.64. The number of benzene rings is 2. The van der Waals surface area contributed by atoms with Crippen LogP contribution < -0.4 is 0 Å². The fraction of sp³-hybridized carbons (Fsp3) is 0.235. The van der Waals surface area contributed by atoms with Crippen LogP contribution in [0.2, 0.25) is 10.0 Å². The zero-order valence-corrected chi connectivity index (χ0v) is 16.7. The average Bonchev–Trinajstić information content (AvgIpc) is 2.50. The monoisotopic (exact) mass is 462 g/mol. The lowest BCUT2D eigenvalue weighted by atomic mass is 9.86. The molecule has 116 valence electrons. The van der Waals surface area contributed by atoms with Gasteiger partial charge < -0.3 is 0 Å². The van der Waals surface area contributed by atoms with E-state index in [9.17, 15) is 4.79 Å². The molecular formula is C17H14Br2Cl2O. The Hall–Kier alpha value is -0.350. The first-order chi connectivity index (χ1) is 10.3. The quantitative estimate of drug-likeness (QED) is 0.476. The summed E-state index contributed by atoms with van der Waals surface area (Å²) >= 11 is 19.3. The van der Waals surface area contributed by atoms with Crippen molar-refractivity contribution in [2.24, 2.45) is 0 Å². The Morgan fingerprint density at radius 3 is 1.59 bits per heavy atom. The number of carbonyl (C=O) groups is 1. The van der Waals surface area contributed by atoms with Crippen LogP contribution in [0, 0.1) is 0 Å². The Balaban J connectivity index is 2.34. The zero-order valence-electron chi connectivity index (χ0n) is 12.0. The topological polar surface area (TPSA) is 17.1 Å². The number of Topliss-reactive ketones (excluding diaryl/α,β-unsaturated/α-hetero) is 1. The summed E-state index contributed by atoms with van der Waals surface area (Å²) in [4.78, 5) is 12.8. The molecule has 5 heteroatoms. The van der Waals surface area contributed by atoms with Gasteiger partial charge in [0.2, 0.25) is 0 Å². The van der Waals surface area contributed by atoms with Crippen LogP contribution in [-0.4, -0.2) is 5.78 Å². The number of halogens is 4. The van der Waals surface area contributed by atoms with E-state index in [1.54, 1.807) is 12.1 Å². The average molecular weight is 465 g/mol. The van der Waals surface area contributed by atoms with Crippen LogP contribution in [0.3, 0.4) is 0 Å². The maximum Gasteiger partial charge on any atom is 0.147 e. The maximum absolute atomic E-state index is 12.8. The van der Waals surface area contributed by atoms with E-state index in [2.05, 4.69) is 31.9 Å². The van der Waals surface area contributed by atoms with E-state index >= 15 is 0 Å². The largest absolute Gasteiger partial charge is 0.298 e. The first-order valence-electron chi connectivity index (χ1n) is 6.75. The summed E-state index contributed by atoms with van der Waals surface area (Å²) in [5, 5.41) is 1.19. The summed E-state index contributed by atoms with van der Waals surface area (Å²) in [5.74, 6) is -0.537. The van der Waals surface area contributed by atoms with Crippen molar-refractivity contribution in [1.29, 1.82) is 0 Å². The predicted molar refractivity (Wildman–Crippen MR) is 100 cm³/mol. The molecule has 0 heterocycles. The Kier molecular flexibility index (Phi) is 6.12. The molecule has 2 aromatic rings. The summed E-state index contributed by atoms with van der Waals surface area (Å²) < 4.78 is 1.80. The van der Waals surface area contributed by atoms with Gasteiger partial charge in [0.1, 0.15) is 5.78 Å². The molecule has 22 heavy (non-hydrogen) atoms. The van der Waals surface area contributed by atoms with E-state index in [4.69, 9.17) is 23.2 Å². The van der Waals surface area contributed by atoms with Gasteiger partial charge in [-0.25, -0.2) is 0 Å². The first kappa shape index (κ1) is 18.0. The molecule has 0 aliphatic carbocycles. The van der Waals surface area contributed by atoms with Crippen molar-refractivity contribution in [3.63, 3.8) is 0 Å². The van der Waals surface area contributed by atoms with Crippen LogP contribution in [0.1, 0.15) is 36.8 Å².